The summed E-state index contributed by atoms with van der Waals surface area (Å²) in [5.74, 6) is 0.526. The van der Waals surface area contributed by atoms with Crippen LogP contribution >= 0.6 is 0 Å². The number of nitriles is 1. The van der Waals surface area contributed by atoms with E-state index in [-0.39, 0.29) is 12.5 Å². The van der Waals surface area contributed by atoms with Crippen LogP contribution in [0, 0.1) is 11.3 Å². The van der Waals surface area contributed by atoms with Crippen molar-refractivity contribution in [3.63, 3.8) is 0 Å². The number of hydrogen-bond acceptors (Lipinski definition) is 5. The fourth-order valence-corrected chi connectivity index (χ4v) is 3.14. The fourth-order valence-electron chi connectivity index (χ4n) is 3.14. The van der Waals surface area contributed by atoms with Gasteiger partial charge in [0.15, 0.2) is 5.88 Å². The quantitative estimate of drug-likeness (QED) is 0.765. The Morgan fingerprint density at radius 2 is 2.00 bits per heavy atom. The van der Waals surface area contributed by atoms with Crippen molar-refractivity contribution in [3.8, 4) is 6.07 Å². The molecular formula is C20H24N2O3. The van der Waals surface area contributed by atoms with E-state index in [1.54, 1.807) is 13.0 Å². The van der Waals surface area contributed by atoms with Crippen molar-refractivity contribution in [2.75, 3.05) is 20.7 Å². The van der Waals surface area contributed by atoms with Crippen molar-refractivity contribution in [1.29, 1.82) is 5.26 Å². The van der Waals surface area contributed by atoms with E-state index in [0.29, 0.717) is 29.2 Å². The summed E-state index contributed by atoms with van der Waals surface area (Å²) < 4.78 is 11.3. The summed E-state index contributed by atoms with van der Waals surface area (Å²) in [5.41, 5.74) is 2.70. The number of carbonyl (C=O) groups excluding carboxylic acids is 1. The van der Waals surface area contributed by atoms with Gasteiger partial charge in [-0.15, -0.1) is 0 Å². The molecule has 5 nitrogen and oxygen atoms in total. The van der Waals surface area contributed by atoms with Crippen LogP contribution in [0.1, 0.15) is 44.2 Å². The van der Waals surface area contributed by atoms with Gasteiger partial charge in [0.05, 0.1) is 23.8 Å². The van der Waals surface area contributed by atoms with Gasteiger partial charge >= 0.3 is 5.97 Å². The maximum Gasteiger partial charge on any atom is 0.338 e. The van der Waals surface area contributed by atoms with Crippen molar-refractivity contribution in [2.45, 2.75) is 33.1 Å². The van der Waals surface area contributed by atoms with Gasteiger partial charge in [-0.25, -0.2) is 4.79 Å². The van der Waals surface area contributed by atoms with E-state index in [1.807, 2.05) is 51.0 Å². The standard InChI is InChI=1S/C20H24N2O3/c1-6-16-18(20(23)24-7-2)17(13(3)19(25-16)22(4)5)15-11-9-8-10-14(15)12-21/h8-11,17H,6-7H2,1-5H3. The molecule has 0 aliphatic carbocycles. The van der Waals surface area contributed by atoms with Gasteiger partial charge in [-0.1, -0.05) is 25.1 Å². The number of benzene rings is 1. The van der Waals surface area contributed by atoms with Gasteiger partial charge in [0.25, 0.3) is 0 Å². The van der Waals surface area contributed by atoms with Crippen LogP contribution < -0.4 is 0 Å². The molecule has 0 aromatic heterocycles. The zero-order chi connectivity index (χ0) is 18.6. The predicted octanol–water partition coefficient (Wildman–Crippen LogP) is 3.69. The number of ether oxygens (including phenoxy) is 2. The first-order valence-electron chi connectivity index (χ1n) is 8.41. The number of carbonyl (C=O) groups is 1. The molecule has 25 heavy (non-hydrogen) atoms. The van der Waals surface area contributed by atoms with Gasteiger partial charge in [0.1, 0.15) is 5.76 Å². The van der Waals surface area contributed by atoms with Crippen LogP contribution in [-0.2, 0) is 14.3 Å². The molecule has 0 saturated carbocycles. The summed E-state index contributed by atoms with van der Waals surface area (Å²) in [5, 5.41) is 9.52. The molecule has 132 valence electrons. The molecule has 1 aliphatic heterocycles. The van der Waals surface area contributed by atoms with Crippen LogP contribution in [-0.4, -0.2) is 31.6 Å². The van der Waals surface area contributed by atoms with Crippen molar-refractivity contribution in [1.82, 2.24) is 4.90 Å². The SMILES string of the molecule is CCOC(=O)C1=C(CC)OC(N(C)C)=C(C)C1c1ccccc1C#N. The van der Waals surface area contributed by atoms with E-state index < -0.39 is 5.97 Å². The third-order valence-electron chi connectivity index (χ3n) is 4.19. The number of rotatable bonds is 5. The molecule has 1 atom stereocenters. The normalized spacial score (nSPS) is 17.0. The molecular weight excluding hydrogens is 316 g/mol. The summed E-state index contributed by atoms with van der Waals surface area (Å²) in [7, 11) is 3.80. The second-order valence-corrected chi connectivity index (χ2v) is 6.03. The molecule has 0 amide bonds. The van der Waals surface area contributed by atoms with Crippen LogP contribution in [0.5, 0.6) is 0 Å². The maximum absolute atomic E-state index is 12.7. The highest BCUT2D eigenvalue weighted by atomic mass is 16.5. The van der Waals surface area contributed by atoms with Crippen LogP contribution in [0.2, 0.25) is 0 Å². The van der Waals surface area contributed by atoms with E-state index in [2.05, 4.69) is 6.07 Å². The molecule has 1 unspecified atom stereocenters. The maximum atomic E-state index is 12.7. The number of esters is 1. The van der Waals surface area contributed by atoms with E-state index in [4.69, 9.17) is 9.47 Å². The lowest BCUT2D eigenvalue weighted by Crippen LogP contribution is -2.28. The Balaban J connectivity index is 2.73. The van der Waals surface area contributed by atoms with E-state index >= 15 is 0 Å². The average molecular weight is 340 g/mol. The predicted molar refractivity (Wildman–Crippen MR) is 95.3 cm³/mol. The number of nitrogens with zero attached hydrogens (tertiary/aromatic N) is 2. The third-order valence-corrected chi connectivity index (χ3v) is 4.19. The van der Waals surface area contributed by atoms with Gasteiger partial charge in [-0.05, 0) is 31.1 Å². The summed E-state index contributed by atoms with van der Waals surface area (Å²) in [6.07, 6.45) is 0.560. The lowest BCUT2D eigenvalue weighted by Gasteiger charge is -2.33. The molecule has 1 aromatic carbocycles. The first-order valence-corrected chi connectivity index (χ1v) is 8.41. The molecule has 1 aliphatic rings. The highest BCUT2D eigenvalue weighted by Gasteiger charge is 2.37. The van der Waals surface area contributed by atoms with E-state index in [9.17, 15) is 10.1 Å². The van der Waals surface area contributed by atoms with Crippen LogP contribution in [0.15, 0.2) is 47.1 Å². The summed E-state index contributed by atoms with van der Waals surface area (Å²) in [4.78, 5) is 14.6. The minimum atomic E-state index is -0.394. The summed E-state index contributed by atoms with van der Waals surface area (Å²) in [6.45, 7) is 5.94. The smallest absolute Gasteiger partial charge is 0.338 e. The summed E-state index contributed by atoms with van der Waals surface area (Å²) in [6, 6.07) is 9.58. The Labute approximate surface area is 149 Å². The van der Waals surface area contributed by atoms with Gasteiger partial charge in [-0.3, -0.25) is 0 Å². The summed E-state index contributed by atoms with van der Waals surface area (Å²) >= 11 is 0. The minimum Gasteiger partial charge on any atom is -0.463 e. The van der Waals surface area contributed by atoms with Crippen LogP contribution in [0.25, 0.3) is 0 Å². The second-order valence-electron chi connectivity index (χ2n) is 6.03. The van der Waals surface area contributed by atoms with Gasteiger partial charge < -0.3 is 14.4 Å². The Morgan fingerprint density at radius 1 is 1.32 bits per heavy atom. The van der Waals surface area contributed by atoms with Crippen molar-refractivity contribution in [2.24, 2.45) is 0 Å². The Kier molecular flexibility index (Phi) is 5.87. The lowest BCUT2D eigenvalue weighted by atomic mass is 9.81. The Bertz CT molecular complexity index is 769. The van der Waals surface area contributed by atoms with E-state index in [1.165, 1.54) is 0 Å². The Morgan fingerprint density at radius 3 is 2.56 bits per heavy atom. The molecule has 0 N–H and O–H groups in total. The van der Waals surface area contributed by atoms with Crippen LogP contribution in [0.4, 0.5) is 0 Å². The zero-order valence-corrected chi connectivity index (χ0v) is 15.4. The molecule has 0 radical (unpaired) electrons. The number of hydrogen-bond donors (Lipinski definition) is 0. The topological polar surface area (TPSA) is 62.6 Å². The zero-order valence-electron chi connectivity index (χ0n) is 15.4. The molecule has 1 aromatic rings. The molecule has 0 spiro atoms. The highest BCUT2D eigenvalue weighted by molar-refractivity contribution is 5.92. The van der Waals surface area contributed by atoms with Gasteiger partial charge in [0, 0.05) is 26.4 Å². The first kappa shape index (κ1) is 18.6. The Hall–Kier alpha value is -2.74. The highest BCUT2D eigenvalue weighted by Crippen LogP contribution is 2.43. The fraction of sp³-hybridized carbons (Fsp3) is 0.400. The third kappa shape index (κ3) is 3.53. The minimum absolute atomic E-state index is 0.287. The molecule has 0 saturated heterocycles. The molecule has 2 rings (SSSR count). The van der Waals surface area contributed by atoms with Crippen molar-refractivity contribution >= 4 is 5.97 Å². The van der Waals surface area contributed by atoms with Gasteiger partial charge in [0.2, 0.25) is 0 Å². The van der Waals surface area contributed by atoms with Crippen molar-refractivity contribution in [3.05, 3.63) is 58.2 Å². The molecule has 1 heterocycles. The average Bonchev–Trinajstić information content (AvgIpc) is 2.61. The van der Waals surface area contributed by atoms with E-state index in [0.717, 1.165) is 11.1 Å². The van der Waals surface area contributed by atoms with Crippen LogP contribution in [0.3, 0.4) is 0 Å². The monoisotopic (exact) mass is 340 g/mol. The van der Waals surface area contributed by atoms with Crippen molar-refractivity contribution < 1.29 is 14.3 Å². The van der Waals surface area contributed by atoms with Gasteiger partial charge in [-0.2, -0.15) is 5.26 Å². The lowest BCUT2D eigenvalue weighted by molar-refractivity contribution is -0.139. The second kappa shape index (κ2) is 7.89. The molecule has 5 heteroatoms. The molecule has 0 fully saturated rings. The number of allylic oxidation sites excluding steroid dienone is 2. The largest absolute Gasteiger partial charge is 0.463 e. The first-order chi connectivity index (χ1) is 12.0. The molecule has 0 bridgehead atoms.